The summed E-state index contributed by atoms with van der Waals surface area (Å²) in [6.07, 6.45) is 7.03. The molecule has 98 valence electrons. The lowest BCUT2D eigenvalue weighted by Gasteiger charge is -2.37. The van der Waals surface area contributed by atoms with Crippen LogP contribution in [0.1, 0.15) is 44.9 Å². The van der Waals surface area contributed by atoms with E-state index < -0.39 is 5.54 Å². The highest BCUT2D eigenvalue weighted by atomic mass is 16.5. The topological polar surface area (TPSA) is 58.6 Å². The van der Waals surface area contributed by atoms with Crippen molar-refractivity contribution in [1.82, 2.24) is 5.32 Å². The number of hydrogen-bond donors (Lipinski definition) is 2. The second-order valence-electron chi connectivity index (χ2n) is 5.38. The number of nitrogens with one attached hydrogen (secondary N) is 1. The Labute approximate surface area is 103 Å². The fraction of sp³-hybridized carbons (Fsp3) is 0.923. The van der Waals surface area contributed by atoms with E-state index in [-0.39, 0.29) is 18.4 Å². The van der Waals surface area contributed by atoms with Crippen molar-refractivity contribution < 1.29 is 14.6 Å². The number of aliphatic hydroxyl groups is 1. The average molecular weight is 241 g/mol. The van der Waals surface area contributed by atoms with Crippen molar-refractivity contribution >= 4 is 5.91 Å². The van der Waals surface area contributed by atoms with Gasteiger partial charge in [0.15, 0.2) is 0 Å². The summed E-state index contributed by atoms with van der Waals surface area (Å²) in [4.78, 5) is 12.2. The van der Waals surface area contributed by atoms with Crippen LogP contribution in [0, 0.1) is 5.92 Å². The molecular formula is C13H23NO3. The van der Waals surface area contributed by atoms with Crippen LogP contribution in [-0.4, -0.2) is 36.4 Å². The van der Waals surface area contributed by atoms with Crippen molar-refractivity contribution in [2.24, 2.45) is 5.92 Å². The molecule has 0 aromatic heterocycles. The van der Waals surface area contributed by atoms with Crippen LogP contribution in [0.5, 0.6) is 0 Å². The van der Waals surface area contributed by atoms with Gasteiger partial charge in [-0.15, -0.1) is 0 Å². The first-order valence-corrected chi connectivity index (χ1v) is 6.76. The predicted molar refractivity (Wildman–Crippen MR) is 64.6 cm³/mol. The number of carbonyl (C=O) groups is 1. The third kappa shape index (κ3) is 3.19. The highest BCUT2D eigenvalue weighted by Crippen LogP contribution is 2.26. The predicted octanol–water partition coefficient (Wildman–Crippen LogP) is 1.22. The van der Waals surface area contributed by atoms with Gasteiger partial charge in [-0.25, -0.2) is 0 Å². The molecule has 4 heteroatoms. The van der Waals surface area contributed by atoms with Crippen molar-refractivity contribution in [2.45, 2.75) is 50.5 Å². The number of rotatable bonds is 3. The van der Waals surface area contributed by atoms with Gasteiger partial charge in [-0.3, -0.25) is 4.79 Å². The van der Waals surface area contributed by atoms with Crippen LogP contribution in [0.2, 0.25) is 0 Å². The van der Waals surface area contributed by atoms with Gasteiger partial charge in [0, 0.05) is 19.1 Å². The fourth-order valence-corrected chi connectivity index (χ4v) is 2.81. The number of aliphatic hydroxyl groups excluding tert-OH is 1. The first-order valence-electron chi connectivity index (χ1n) is 6.76. The second-order valence-corrected chi connectivity index (χ2v) is 5.38. The highest BCUT2D eigenvalue weighted by Gasteiger charge is 2.35. The maximum atomic E-state index is 12.2. The van der Waals surface area contributed by atoms with E-state index in [1.54, 1.807) is 0 Å². The average Bonchev–Trinajstić information content (AvgIpc) is 2.41. The standard InChI is InChI=1S/C13H23NO3/c15-10-13(6-8-17-9-7-13)14-12(16)11-4-2-1-3-5-11/h11,15H,1-10H2,(H,14,16). The molecule has 1 saturated heterocycles. The Morgan fingerprint density at radius 1 is 1.24 bits per heavy atom. The van der Waals surface area contributed by atoms with Crippen LogP contribution >= 0.6 is 0 Å². The van der Waals surface area contributed by atoms with Crippen molar-refractivity contribution in [3.8, 4) is 0 Å². The van der Waals surface area contributed by atoms with Gasteiger partial charge in [-0.1, -0.05) is 19.3 Å². The summed E-state index contributed by atoms with van der Waals surface area (Å²) in [6.45, 7) is 1.28. The molecule has 0 spiro atoms. The minimum Gasteiger partial charge on any atom is -0.394 e. The Hall–Kier alpha value is -0.610. The van der Waals surface area contributed by atoms with Crippen LogP contribution in [0.4, 0.5) is 0 Å². The molecule has 17 heavy (non-hydrogen) atoms. The molecule has 2 rings (SSSR count). The van der Waals surface area contributed by atoms with E-state index in [4.69, 9.17) is 4.74 Å². The van der Waals surface area contributed by atoms with Crippen molar-refractivity contribution in [3.63, 3.8) is 0 Å². The molecule has 2 fully saturated rings. The van der Waals surface area contributed by atoms with Gasteiger partial charge in [-0.2, -0.15) is 0 Å². The molecule has 1 saturated carbocycles. The van der Waals surface area contributed by atoms with Crippen molar-refractivity contribution in [2.75, 3.05) is 19.8 Å². The zero-order valence-corrected chi connectivity index (χ0v) is 10.4. The van der Waals surface area contributed by atoms with Crippen LogP contribution < -0.4 is 5.32 Å². The van der Waals surface area contributed by atoms with Crippen LogP contribution in [0.25, 0.3) is 0 Å². The quantitative estimate of drug-likeness (QED) is 0.781. The molecule has 1 aliphatic carbocycles. The SMILES string of the molecule is O=C(NC1(CO)CCOCC1)C1CCCCC1. The molecule has 1 amide bonds. The van der Waals surface area contributed by atoms with Crippen LogP contribution in [-0.2, 0) is 9.53 Å². The monoisotopic (exact) mass is 241 g/mol. The third-order valence-electron chi connectivity index (χ3n) is 4.12. The summed E-state index contributed by atoms with van der Waals surface area (Å²) >= 11 is 0. The highest BCUT2D eigenvalue weighted by molar-refractivity contribution is 5.79. The molecule has 0 unspecified atom stereocenters. The zero-order valence-electron chi connectivity index (χ0n) is 10.4. The first kappa shape index (κ1) is 12.8. The summed E-state index contributed by atoms with van der Waals surface area (Å²) in [5, 5.41) is 12.6. The molecule has 2 N–H and O–H groups in total. The van der Waals surface area contributed by atoms with Gasteiger partial charge in [0.05, 0.1) is 12.1 Å². The van der Waals surface area contributed by atoms with E-state index >= 15 is 0 Å². The Morgan fingerprint density at radius 2 is 1.88 bits per heavy atom. The number of ether oxygens (including phenoxy) is 1. The number of amides is 1. The van der Waals surface area contributed by atoms with Gasteiger partial charge in [0.25, 0.3) is 0 Å². The van der Waals surface area contributed by atoms with Gasteiger partial charge in [-0.05, 0) is 25.7 Å². The molecule has 0 radical (unpaired) electrons. The Kier molecular flexibility index (Phi) is 4.40. The minimum atomic E-state index is -0.424. The fourth-order valence-electron chi connectivity index (χ4n) is 2.81. The third-order valence-corrected chi connectivity index (χ3v) is 4.12. The lowest BCUT2D eigenvalue weighted by atomic mass is 9.86. The van der Waals surface area contributed by atoms with Crippen molar-refractivity contribution in [3.05, 3.63) is 0 Å². The molecule has 0 aromatic carbocycles. The van der Waals surface area contributed by atoms with Gasteiger partial charge in [0.2, 0.25) is 5.91 Å². The summed E-state index contributed by atoms with van der Waals surface area (Å²) in [5.74, 6) is 0.302. The normalized spacial score (nSPS) is 25.5. The van der Waals surface area contributed by atoms with Gasteiger partial charge < -0.3 is 15.2 Å². The Bertz CT molecular complexity index is 255. The summed E-state index contributed by atoms with van der Waals surface area (Å²) in [6, 6.07) is 0. The Balaban J connectivity index is 1.90. The van der Waals surface area contributed by atoms with E-state index in [2.05, 4.69) is 5.32 Å². The van der Waals surface area contributed by atoms with Gasteiger partial charge >= 0.3 is 0 Å². The molecule has 0 aromatic rings. The molecule has 1 heterocycles. The maximum absolute atomic E-state index is 12.2. The van der Waals surface area contributed by atoms with Crippen LogP contribution in [0.15, 0.2) is 0 Å². The van der Waals surface area contributed by atoms with E-state index in [9.17, 15) is 9.90 Å². The molecule has 2 aliphatic rings. The number of hydrogen-bond acceptors (Lipinski definition) is 3. The van der Waals surface area contributed by atoms with E-state index in [1.165, 1.54) is 6.42 Å². The zero-order chi connectivity index (χ0) is 12.1. The van der Waals surface area contributed by atoms with E-state index in [1.807, 2.05) is 0 Å². The summed E-state index contributed by atoms with van der Waals surface area (Å²) in [7, 11) is 0. The van der Waals surface area contributed by atoms with E-state index in [0.29, 0.717) is 13.2 Å². The second kappa shape index (κ2) is 5.83. The van der Waals surface area contributed by atoms with Crippen LogP contribution in [0.3, 0.4) is 0 Å². The molecule has 0 bridgehead atoms. The van der Waals surface area contributed by atoms with Crippen molar-refractivity contribution in [1.29, 1.82) is 0 Å². The summed E-state index contributed by atoms with van der Waals surface area (Å²) in [5.41, 5.74) is -0.424. The molecular weight excluding hydrogens is 218 g/mol. The first-order chi connectivity index (χ1) is 8.26. The maximum Gasteiger partial charge on any atom is 0.223 e. The lowest BCUT2D eigenvalue weighted by molar-refractivity contribution is -0.130. The minimum absolute atomic E-state index is 0.0226. The smallest absolute Gasteiger partial charge is 0.223 e. The molecule has 0 atom stereocenters. The van der Waals surface area contributed by atoms with Gasteiger partial charge in [0.1, 0.15) is 0 Å². The molecule has 4 nitrogen and oxygen atoms in total. The molecule has 1 aliphatic heterocycles. The number of carbonyl (C=O) groups excluding carboxylic acids is 1. The lowest BCUT2D eigenvalue weighted by Crippen LogP contribution is -2.56. The van der Waals surface area contributed by atoms with E-state index in [0.717, 1.165) is 38.5 Å². The summed E-state index contributed by atoms with van der Waals surface area (Å²) < 4.78 is 5.29. The largest absolute Gasteiger partial charge is 0.394 e. The Morgan fingerprint density at radius 3 is 2.47 bits per heavy atom.